The van der Waals surface area contributed by atoms with Crippen LogP contribution < -0.4 is 5.73 Å². The van der Waals surface area contributed by atoms with Crippen LogP contribution in [0.3, 0.4) is 0 Å². The maximum atomic E-state index is 13.0. The molecule has 3 aromatic rings. The van der Waals surface area contributed by atoms with E-state index in [0.29, 0.717) is 12.2 Å². The van der Waals surface area contributed by atoms with Gasteiger partial charge in [-0.05, 0) is 23.3 Å². The van der Waals surface area contributed by atoms with Gasteiger partial charge in [-0.3, -0.25) is 4.68 Å². The van der Waals surface area contributed by atoms with E-state index in [4.69, 9.17) is 5.73 Å². The molecular weight excluding hydrogens is 253 g/mol. The van der Waals surface area contributed by atoms with Gasteiger partial charge in [0.05, 0.1) is 12.7 Å². The van der Waals surface area contributed by atoms with Gasteiger partial charge in [0.2, 0.25) is 0 Å². The summed E-state index contributed by atoms with van der Waals surface area (Å²) < 4.78 is 14.8. The highest BCUT2D eigenvalue weighted by atomic mass is 19.1. The lowest BCUT2D eigenvalue weighted by atomic mass is 10.1. The van der Waals surface area contributed by atoms with Crippen molar-refractivity contribution in [1.29, 1.82) is 0 Å². The van der Waals surface area contributed by atoms with Crippen molar-refractivity contribution in [1.82, 2.24) is 9.78 Å². The number of nitrogens with zero attached hydrogens (tertiary/aromatic N) is 2. The summed E-state index contributed by atoms with van der Waals surface area (Å²) in [5.74, 6) is -0.323. The average Bonchev–Trinajstić information content (AvgIpc) is 2.92. The second kappa shape index (κ2) is 5.17. The van der Waals surface area contributed by atoms with Gasteiger partial charge in [-0.2, -0.15) is 5.10 Å². The van der Waals surface area contributed by atoms with Crippen molar-refractivity contribution in [2.75, 3.05) is 5.73 Å². The van der Waals surface area contributed by atoms with E-state index in [1.165, 1.54) is 12.1 Å². The maximum absolute atomic E-state index is 13.0. The van der Waals surface area contributed by atoms with E-state index in [-0.39, 0.29) is 5.82 Å². The summed E-state index contributed by atoms with van der Waals surface area (Å²) in [6.07, 6.45) is 3.77. The lowest BCUT2D eigenvalue weighted by Crippen LogP contribution is -2.03. The molecule has 100 valence electrons. The minimum atomic E-state index is -0.323. The van der Waals surface area contributed by atoms with Crippen LogP contribution in [0.2, 0.25) is 0 Å². The molecule has 2 aromatic carbocycles. The molecule has 4 heteroatoms. The molecule has 0 fully saturated rings. The van der Waals surface area contributed by atoms with Crippen molar-refractivity contribution >= 4 is 5.69 Å². The van der Waals surface area contributed by atoms with Gasteiger partial charge in [-0.1, -0.05) is 36.4 Å². The summed E-state index contributed by atoms with van der Waals surface area (Å²) in [5, 5.41) is 4.32. The lowest BCUT2D eigenvalue weighted by molar-refractivity contribution is 0.625. The fourth-order valence-electron chi connectivity index (χ4n) is 2.11. The zero-order chi connectivity index (χ0) is 13.9. The molecule has 0 atom stereocenters. The van der Waals surface area contributed by atoms with Gasteiger partial charge >= 0.3 is 0 Å². The molecule has 1 heterocycles. The average molecular weight is 267 g/mol. The topological polar surface area (TPSA) is 43.8 Å². The first-order valence-corrected chi connectivity index (χ1v) is 6.34. The molecule has 0 amide bonds. The highest BCUT2D eigenvalue weighted by molar-refractivity contribution is 5.61. The number of hydrogen-bond donors (Lipinski definition) is 1. The fourth-order valence-corrected chi connectivity index (χ4v) is 2.11. The van der Waals surface area contributed by atoms with Gasteiger partial charge in [0, 0.05) is 17.4 Å². The van der Waals surface area contributed by atoms with Crippen molar-refractivity contribution in [3.8, 4) is 11.1 Å². The molecule has 0 aliphatic carbocycles. The molecule has 0 spiro atoms. The van der Waals surface area contributed by atoms with Crippen LogP contribution in [0.1, 0.15) is 5.56 Å². The molecule has 2 N–H and O–H groups in total. The first-order valence-electron chi connectivity index (χ1n) is 6.34. The number of benzene rings is 2. The van der Waals surface area contributed by atoms with Crippen molar-refractivity contribution in [2.45, 2.75) is 6.54 Å². The van der Waals surface area contributed by atoms with Crippen LogP contribution in [0.15, 0.2) is 60.9 Å². The van der Waals surface area contributed by atoms with Crippen LogP contribution in [0, 0.1) is 5.82 Å². The van der Waals surface area contributed by atoms with Crippen LogP contribution in [0.25, 0.3) is 11.1 Å². The zero-order valence-electron chi connectivity index (χ0n) is 10.8. The number of hydrogen-bond acceptors (Lipinski definition) is 2. The van der Waals surface area contributed by atoms with E-state index >= 15 is 0 Å². The number of nitrogen functional groups attached to an aromatic ring is 1. The third-order valence-corrected chi connectivity index (χ3v) is 3.18. The number of anilines is 1. The highest BCUT2D eigenvalue weighted by Gasteiger charge is 2.05. The number of nitrogens with two attached hydrogens (primary N) is 1. The SMILES string of the molecule is Nc1cc(F)ccc1Cn1cc(-c2ccccc2)cn1. The van der Waals surface area contributed by atoms with Crippen molar-refractivity contribution in [2.24, 2.45) is 0 Å². The first kappa shape index (κ1) is 12.4. The van der Waals surface area contributed by atoms with Gasteiger partial charge in [-0.25, -0.2) is 4.39 Å². The predicted octanol–water partition coefficient (Wildman–Crippen LogP) is 3.32. The van der Waals surface area contributed by atoms with E-state index < -0.39 is 0 Å². The Kier molecular flexibility index (Phi) is 3.21. The standard InChI is InChI=1S/C16H14FN3/c17-15-7-6-13(16(18)8-15)10-20-11-14(9-19-20)12-4-2-1-3-5-12/h1-9,11H,10,18H2. The smallest absolute Gasteiger partial charge is 0.125 e. The Bertz CT molecular complexity index is 720. The fraction of sp³-hybridized carbons (Fsp3) is 0.0625. The van der Waals surface area contributed by atoms with E-state index in [1.807, 2.05) is 42.7 Å². The predicted molar refractivity (Wildman–Crippen MR) is 77.6 cm³/mol. The highest BCUT2D eigenvalue weighted by Crippen LogP contribution is 2.19. The number of aromatic nitrogens is 2. The summed E-state index contributed by atoms with van der Waals surface area (Å²) in [5.41, 5.74) is 9.27. The Balaban J connectivity index is 1.84. The summed E-state index contributed by atoms with van der Waals surface area (Å²) in [6, 6.07) is 14.5. The monoisotopic (exact) mass is 267 g/mol. The Morgan fingerprint density at radius 1 is 1.05 bits per heavy atom. The van der Waals surface area contributed by atoms with Crippen molar-refractivity contribution < 1.29 is 4.39 Å². The maximum Gasteiger partial charge on any atom is 0.125 e. The molecule has 0 unspecified atom stereocenters. The third kappa shape index (κ3) is 2.54. The van der Waals surface area contributed by atoms with E-state index in [0.717, 1.165) is 16.7 Å². The van der Waals surface area contributed by atoms with Crippen LogP contribution in [-0.2, 0) is 6.54 Å². The van der Waals surface area contributed by atoms with E-state index in [9.17, 15) is 4.39 Å². The molecule has 0 bridgehead atoms. The largest absolute Gasteiger partial charge is 0.398 e. The van der Waals surface area contributed by atoms with E-state index in [2.05, 4.69) is 5.10 Å². The minimum absolute atomic E-state index is 0.323. The van der Waals surface area contributed by atoms with E-state index in [1.54, 1.807) is 10.7 Å². The Morgan fingerprint density at radius 3 is 2.60 bits per heavy atom. The lowest BCUT2D eigenvalue weighted by Gasteiger charge is -2.05. The van der Waals surface area contributed by atoms with Crippen molar-refractivity contribution in [3.05, 3.63) is 72.3 Å². The zero-order valence-corrected chi connectivity index (χ0v) is 10.8. The summed E-state index contributed by atoms with van der Waals surface area (Å²) in [7, 11) is 0. The molecule has 0 radical (unpaired) electrons. The normalized spacial score (nSPS) is 10.7. The molecule has 0 saturated carbocycles. The molecule has 3 rings (SSSR count). The molecule has 3 nitrogen and oxygen atoms in total. The molecule has 0 saturated heterocycles. The minimum Gasteiger partial charge on any atom is -0.398 e. The molecule has 20 heavy (non-hydrogen) atoms. The van der Waals surface area contributed by atoms with Crippen LogP contribution in [0.4, 0.5) is 10.1 Å². The summed E-state index contributed by atoms with van der Waals surface area (Å²) >= 11 is 0. The van der Waals surface area contributed by atoms with Crippen molar-refractivity contribution in [3.63, 3.8) is 0 Å². The summed E-state index contributed by atoms with van der Waals surface area (Å²) in [6.45, 7) is 0.527. The van der Waals surface area contributed by atoms with Crippen LogP contribution >= 0.6 is 0 Å². The Morgan fingerprint density at radius 2 is 1.85 bits per heavy atom. The molecular formula is C16H14FN3. The van der Waals surface area contributed by atoms with Gasteiger partial charge < -0.3 is 5.73 Å². The Hall–Kier alpha value is -2.62. The molecule has 0 aliphatic rings. The van der Waals surface area contributed by atoms with Gasteiger partial charge in [0.15, 0.2) is 0 Å². The third-order valence-electron chi connectivity index (χ3n) is 3.18. The molecule has 0 aliphatic heterocycles. The number of rotatable bonds is 3. The van der Waals surface area contributed by atoms with Gasteiger partial charge in [0.25, 0.3) is 0 Å². The Labute approximate surface area is 116 Å². The quantitative estimate of drug-likeness (QED) is 0.740. The summed E-state index contributed by atoms with van der Waals surface area (Å²) in [4.78, 5) is 0. The second-order valence-electron chi connectivity index (χ2n) is 4.64. The van der Waals surface area contributed by atoms with Gasteiger partial charge in [-0.15, -0.1) is 0 Å². The second-order valence-corrected chi connectivity index (χ2v) is 4.64. The van der Waals surface area contributed by atoms with Crippen LogP contribution in [0.5, 0.6) is 0 Å². The molecule has 1 aromatic heterocycles. The number of halogens is 1. The van der Waals surface area contributed by atoms with Crippen LogP contribution in [-0.4, -0.2) is 9.78 Å². The first-order chi connectivity index (χ1) is 9.72. The van der Waals surface area contributed by atoms with Gasteiger partial charge in [0.1, 0.15) is 5.82 Å².